The van der Waals surface area contributed by atoms with E-state index in [2.05, 4.69) is 38.2 Å². The molecule has 2 saturated carbocycles. The van der Waals surface area contributed by atoms with Crippen LogP contribution >= 0.6 is 0 Å². The number of likely N-dealkylation sites (N-methyl/N-ethyl adjacent to an activating group) is 2. The third kappa shape index (κ3) is 3.72. The molecule has 0 saturated heterocycles. The second-order valence-electron chi connectivity index (χ2n) is 7.13. The molecule has 112 valence electrons. The van der Waals surface area contributed by atoms with Gasteiger partial charge in [0.25, 0.3) is 0 Å². The number of hydrogen-bond donors (Lipinski definition) is 1. The van der Waals surface area contributed by atoms with Crippen molar-refractivity contribution in [1.82, 2.24) is 10.2 Å². The van der Waals surface area contributed by atoms with Crippen LogP contribution in [0.4, 0.5) is 0 Å². The maximum Gasteiger partial charge on any atom is 0.0251 e. The Hall–Kier alpha value is -0.0800. The van der Waals surface area contributed by atoms with Crippen molar-refractivity contribution < 1.29 is 0 Å². The van der Waals surface area contributed by atoms with Crippen molar-refractivity contribution in [3.05, 3.63) is 0 Å². The average molecular weight is 266 g/mol. The first-order chi connectivity index (χ1) is 9.15. The summed E-state index contributed by atoms with van der Waals surface area (Å²) in [6, 6.07) is 2.32. The highest BCUT2D eigenvalue weighted by molar-refractivity contribution is 4.92. The van der Waals surface area contributed by atoms with Gasteiger partial charge in [0.05, 0.1) is 0 Å². The van der Waals surface area contributed by atoms with Crippen LogP contribution in [0.25, 0.3) is 0 Å². The van der Waals surface area contributed by atoms with Gasteiger partial charge in [-0.2, -0.15) is 0 Å². The fraction of sp³-hybridized carbons (Fsp3) is 1.00. The number of rotatable bonds is 4. The molecule has 0 aromatic heterocycles. The fourth-order valence-corrected chi connectivity index (χ4v) is 4.37. The molecule has 2 heteroatoms. The fourth-order valence-electron chi connectivity index (χ4n) is 4.37. The molecule has 2 rings (SSSR count). The zero-order valence-electron chi connectivity index (χ0n) is 13.5. The number of nitrogens with one attached hydrogen (secondary N) is 1. The van der Waals surface area contributed by atoms with Gasteiger partial charge in [-0.15, -0.1) is 0 Å². The normalized spacial score (nSPS) is 40.6. The average Bonchev–Trinajstić information content (AvgIpc) is 2.46. The van der Waals surface area contributed by atoms with Crippen molar-refractivity contribution in [2.45, 2.75) is 83.3 Å². The summed E-state index contributed by atoms with van der Waals surface area (Å²) in [5.41, 5.74) is 0. The standard InChI is InChI=1S/C17H34N2/c1-5-14-7-9-15(10-8-14)19(4)17-12-13(2)6-11-16(17)18-3/h13-18H,5-12H2,1-4H3. The molecule has 3 unspecified atom stereocenters. The highest BCUT2D eigenvalue weighted by atomic mass is 15.2. The van der Waals surface area contributed by atoms with Crippen molar-refractivity contribution in [3.8, 4) is 0 Å². The molecule has 2 nitrogen and oxygen atoms in total. The Morgan fingerprint density at radius 3 is 2.32 bits per heavy atom. The SMILES string of the molecule is CCC1CCC(N(C)C2CC(C)CCC2NC)CC1. The Balaban J connectivity index is 1.91. The van der Waals surface area contributed by atoms with Gasteiger partial charge in [-0.25, -0.2) is 0 Å². The van der Waals surface area contributed by atoms with E-state index in [1.54, 1.807) is 0 Å². The van der Waals surface area contributed by atoms with Crippen molar-refractivity contribution >= 4 is 0 Å². The minimum Gasteiger partial charge on any atom is -0.315 e. The van der Waals surface area contributed by atoms with Gasteiger partial charge in [0.15, 0.2) is 0 Å². The maximum absolute atomic E-state index is 3.57. The molecule has 0 aromatic rings. The molecule has 0 aromatic carbocycles. The highest BCUT2D eigenvalue weighted by Crippen LogP contribution is 2.33. The molecule has 0 heterocycles. The van der Waals surface area contributed by atoms with Gasteiger partial charge in [0.2, 0.25) is 0 Å². The first-order valence-corrected chi connectivity index (χ1v) is 8.54. The molecule has 2 aliphatic carbocycles. The molecule has 19 heavy (non-hydrogen) atoms. The first kappa shape index (κ1) is 15.3. The lowest BCUT2D eigenvalue weighted by molar-refractivity contribution is 0.0642. The first-order valence-electron chi connectivity index (χ1n) is 8.54. The molecule has 0 radical (unpaired) electrons. The van der Waals surface area contributed by atoms with E-state index in [-0.39, 0.29) is 0 Å². The zero-order valence-corrected chi connectivity index (χ0v) is 13.5. The Morgan fingerprint density at radius 1 is 1.05 bits per heavy atom. The minimum atomic E-state index is 0.713. The van der Waals surface area contributed by atoms with E-state index >= 15 is 0 Å². The van der Waals surface area contributed by atoms with Crippen LogP contribution in [0.5, 0.6) is 0 Å². The Morgan fingerprint density at radius 2 is 1.74 bits per heavy atom. The second kappa shape index (κ2) is 7.08. The highest BCUT2D eigenvalue weighted by Gasteiger charge is 2.34. The summed E-state index contributed by atoms with van der Waals surface area (Å²) in [6.07, 6.45) is 11.3. The molecule has 0 spiro atoms. The zero-order chi connectivity index (χ0) is 13.8. The second-order valence-corrected chi connectivity index (χ2v) is 7.13. The van der Waals surface area contributed by atoms with Crippen LogP contribution in [-0.2, 0) is 0 Å². The predicted octanol–water partition coefficient (Wildman–Crippen LogP) is 3.66. The molecule has 0 amide bonds. The molecule has 2 aliphatic rings. The largest absolute Gasteiger partial charge is 0.315 e. The molecule has 0 aliphatic heterocycles. The van der Waals surface area contributed by atoms with Crippen LogP contribution in [0.1, 0.15) is 65.2 Å². The smallest absolute Gasteiger partial charge is 0.0251 e. The van der Waals surface area contributed by atoms with Crippen molar-refractivity contribution in [1.29, 1.82) is 0 Å². The quantitative estimate of drug-likeness (QED) is 0.835. The third-order valence-corrected chi connectivity index (χ3v) is 5.94. The molecule has 2 fully saturated rings. The van der Waals surface area contributed by atoms with E-state index in [0.29, 0.717) is 6.04 Å². The van der Waals surface area contributed by atoms with E-state index < -0.39 is 0 Å². The van der Waals surface area contributed by atoms with E-state index in [9.17, 15) is 0 Å². The lowest BCUT2D eigenvalue weighted by Crippen LogP contribution is -2.54. The summed E-state index contributed by atoms with van der Waals surface area (Å²) in [4.78, 5) is 2.74. The van der Waals surface area contributed by atoms with Crippen molar-refractivity contribution in [3.63, 3.8) is 0 Å². The van der Waals surface area contributed by atoms with E-state index in [0.717, 1.165) is 23.9 Å². The Labute approximate surface area is 120 Å². The molecule has 3 atom stereocenters. The van der Waals surface area contributed by atoms with Gasteiger partial charge in [0.1, 0.15) is 0 Å². The lowest BCUT2D eigenvalue weighted by Gasteiger charge is -2.45. The van der Waals surface area contributed by atoms with Crippen LogP contribution < -0.4 is 5.32 Å². The topological polar surface area (TPSA) is 15.3 Å². The maximum atomic E-state index is 3.57. The Kier molecular flexibility index (Phi) is 5.70. The summed E-state index contributed by atoms with van der Waals surface area (Å²) in [6.45, 7) is 4.79. The monoisotopic (exact) mass is 266 g/mol. The predicted molar refractivity (Wildman–Crippen MR) is 83.5 cm³/mol. The summed E-state index contributed by atoms with van der Waals surface area (Å²) >= 11 is 0. The van der Waals surface area contributed by atoms with Crippen LogP contribution in [0.3, 0.4) is 0 Å². The number of nitrogens with zero attached hydrogens (tertiary/aromatic N) is 1. The van der Waals surface area contributed by atoms with Gasteiger partial charge >= 0.3 is 0 Å². The van der Waals surface area contributed by atoms with E-state index in [4.69, 9.17) is 0 Å². The van der Waals surface area contributed by atoms with Gasteiger partial charge in [-0.1, -0.05) is 20.3 Å². The van der Waals surface area contributed by atoms with Crippen molar-refractivity contribution in [2.24, 2.45) is 11.8 Å². The van der Waals surface area contributed by atoms with Gasteiger partial charge in [0, 0.05) is 18.1 Å². The van der Waals surface area contributed by atoms with Crippen LogP contribution in [0.15, 0.2) is 0 Å². The van der Waals surface area contributed by atoms with Gasteiger partial charge in [-0.3, -0.25) is 4.90 Å². The summed E-state index contributed by atoms with van der Waals surface area (Å²) < 4.78 is 0. The third-order valence-electron chi connectivity index (χ3n) is 5.94. The summed E-state index contributed by atoms with van der Waals surface area (Å²) in [5.74, 6) is 1.92. The Bertz CT molecular complexity index is 258. The van der Waals surface area contributed by atoms with Crippen molar-refractivity contribution in [2.75, 3.05) is 14.1 Å². The summed E-state index contributed by atoms with van der Waals surface area (Å²) in [5, 5.41) is 3.57. The molecular formula is C17H34N2. The molecular weight excluding hydrogens is 232 g/mol. The minimum absolute atomic E-state index is 0.713. The van der Waals surface area contributed by atoms with Crippen LogP contribution in [-0.4, -0.2) is 37.1 Å². The lowest BCUT2D eigenvalue weighted by atomic mass is 9.79. The van der Waals surface area contributed by atoms with Gasteiger partial charge in [-0.05, 0) is 70.9 Å². The van der Waals surface area contributed by atoms with Gasteiger partial charge < -0.3 is 5.32 Å². The van der Waals surface area contributed by atoms with Crippen LogP contribution in [0, 0.1) is 11.8 Å². The molecule has 1 N–H and O–H groups in total. The molecule has 0 bridgehead atoms. The van der Waals surface area contributed by atoms with E-state index in [1.807, 2.05) is 0 Å². The number of hydrogen-bond acceptors (Lipinski definition) is 2. The van der Waals surface area contributed by atoms with Crippen LogP contribution in [0.2, 0.25) is 0 Å². The summed E-state index contributed by atoms with van der Waals surface area (Å²) in [7, 11) is 4.54. The van der Waals surface area contributed by atoms with E-state index in [1.165, 1.54) is 51.4 Å².